The van der Waals surface area contributed by atoms with Gasteiger partial charge in [-0.1, -0.05) is 30.3 Å². The molecule has 0 saturated carbocycles. The second-order valence-corrected chi connectivity index (χ2v) is 5.02. The lowest BCUT2D eigenvalue weighted by molar-refractivity contribution is -0.120. The monoisotopic (exact) mass is 298 g/mol. The summed E-state index contributed by atoms with van der Waals surface area (Å²) in [5.74, 6) is -0.269. The van der Waals surface area contributed by atoms with Crippen LogP contribution in [0.4, 0.5) is 5.82 Å². The lowest BCUT2D eigenvalue weighted by Crippen LogP contribution is -2.37. The first-order valence-corrected chi connectivity index (χ1v) is 6.77. The number of pyridine rings is 1. The normalized spacial score (nSPS) is 11.5. The molecular weight excluding hydrogens is 280 g/mol. The Labute approximate surface area is 129 Å². The summed E-state index contributed by atoms with van der Waals surface area (Å²) in [5.41, 5.74) is 6.39. The van der Waals surface area contributed by atoms with Crippen molar-refractivity contribution in [2.75, 3.05) is 19.0 Å². The molecule has 22 heavy (non-hydrogen) atoms. The summed E-state index contributed by atoms with van der Waals surface area (Å²) in [6.45, 7) is 0. The van der Waals surface area contributed by atoms with Crippen molar-refractivity contribution < 1.29 is 9.59 Å². The number of carbonyl (C=O) groups excluding carboxylic acids is 2. The highest BCUT2D eigenvalue weighted by atomic mass is 16.2. The van der Waals surface area contributed by atoms with Crippen LogP contribution in [0.25, 0.3) is 0 Å². The first kappa shape index (κ1) is 15.5. The highest BCUT2D eigenvalue weighted by Gasteiger charge is 2.20. The van der Waals surface area contributed by atoms with Crippen molar-refractivity contribution >= 4 is 17.6 Å². The van der Waals surface area contributed by atoms with E-state index < -0.39 is 17.9 Å². The first-order chi connectivity index (χ1) is 10.5. The van der Waals surface area contributed by atoms with Crippen LogP contribution in [0.5, 0.6) is 0 Å². The Morgan fingerprint density at radius 2 is 1.82 bits per heavy atom. The molecule has 0 unspecified atom stereocenters. The van der Waals surface area contributed by atoms with Gasteiger partial charge < -0.3 is 16.0 Å². The van der Waals surface area contributed by atoms with Crippen molar-refractivity contribution in [3.63, 3.8) is 0 Å². The molecule has 6 heteroatoms. The molecule has 0 radical (unpaired) electrons. The maximum absolute atomic E-state index is 12.2. The molecule has 0 bridgehead atoms. The van der Waals surface area contributed by atoms with Crippen LogP contribution in [-0.2, 0) is 4.79 Å². The van der Waals surface area contributed by atoms with Crippen molar-refractivity contribution in [1.29, 1.82) is 0 Å². The molecule has 2 amide bonds. The summed E-state index contributed by atoms with van der Waals surface area (Å²) < 4.78 is 0. The van der Waals surface area contributed by atoms with Gasteiger partial charge in [-0.25, -0.2) is 4.98 Å². The SMILES string of the molecule is CN(C)c1ccc(C(=O)N[C@H](C(N)=O)c2ccccc2)cn1. The van der Waals surface area contributed by atoms with Gasteiger partial charge in [0, 0.05) is 20.3 Å². The average molecular weight is 298 g/mol. The van der Waals surface area contributed by atoms with Crippen LogP contribution in [0.3, 0.4) is 0 Å². The summed E-state index contributed by atoms with van der Waals surface area (Å²) in [6.07, 6.45) is 1.47. The molecule has 1 aromatic carbocycles. The Kier molecular flexibility index (Phi) is 4.73. The van der Waals surface area contributed by atoms with Gasteiger partial charge in [0.15, 0.2) is 0 Å². The number of primary amides is 1. The van der Waals surface area contributed by atoms with E-state index in [1.54, 1.807) is 36.4 Å². The smallest absolute Gasteiger partial charge is 0.253 e. The third-order valence-electron chi connectivity index (χ3n) is 3.16. The number of nitrogens with two attached hydrogens (primary N) is 1. The number of amides is 2. The molecule has 114 valence electrons. The first-order valence-electron chi connectivity index (χ1n) is 6.77. The van der Waals surface area contributed by atoms with Crippen molar-refractivity contribution in [2.45, 2.75) is 6.04 Å². The van der Waals surface area contributed by atoms with Crippen LogP contribution >= 0.6 is 0 Å². The quantitative estimate of drug-likeness (QED) is 0.865. The molecule has 0 spiro atoms. The molecule has 0 aliphatic carbocycles. The van der Waals surface area contributed by atoms with Crippen LogP contribution in [0.1, 0.15) is 22.0 Å². The van der Waals surface area contributed by atoms with Crippen LogP contribution in [0.2, 0.25) is 0 Å². The van der Waals surface area contributed by atoms with Gasteiger partial charge in [-0.2, -0.15) is 0 Å². The molecule has 1 aromatic heterocycles. The number of rotatable bonds is 5. The van der Waals surface area contributed by atoms with Gasteiger partial charge in [0.05, 0.1) is 5.56 Å². The predicted octanol–water partition coefficient (Wildman–Crippen LogP) is 1.10. The number of nitrogens with one attached hydrogen (secondary N) is 1. The Balaban J connectivity index is 2.16. The van der Waals surface area contributed by atoms with Gasteiger partial charge in [-0.15, -0.1) is 0 Å². The average Bonchev–Trinajstić information content (AvgIpc) is 2.53. The van der Waals surface area contributed by atoms with Gasteiger partial charge in [0.1, 0.15) is 11.9 Å². The van der Waals surface area contributed by atoms with Crippen molar-refractivity contribution in [3.05, 3.63) is 59.8 Å². The number of nitrogens with zero attached hydrogens (tertiary/aromatic N) is 2. The number of benzene rings is 1. The summed E-state index contributed by atoms with van der Waals surface area (Å²) in [7, 11) is 3.72. The third kappa shape index (κ3) is 3.60. The van der Waals surface area contributed by atoms with Crippen LogP contribution in [0, 0.1) is 0 Å². The van der Waals surface area contributed by atoms with E-state index in [2.05, 4.69) is 10.3 Å². The van der Waals surface area contributed by atoms with Gasteiger partial charge in [-0.05, 0) is 17.7 Å². The van der Waals surface area contributed by atoms with E-state index in [0.717, 1.165) is 5.82 Å². The van der Waals surface area contributed by atoms with Crippen LogP contribution < -0.4 is 16.0 Å². The largest absolute Gasteiger partial charge is 0.368 e. The van der Waals surface area contributed by atoms with Crippen molar-refractivity contribution in [3.8, 4) is 0 Å². The van der Waals surface area contributed by atoms with E-state index in [4.69, 9.17) is 5.73 Å². The zero-order chi connectivity index (χ0) is 16.1. The molecule has 0 saturated heterocycles. The number of carbonyl (C=O) groups is 2. The zero-order valence-electron chi connectivity index (χ0n) is 12.5. The third-order valence-corrected chi connectivity index (χ3v) is 3.16. The van der Waals surface area contributed by atoms with Crippen LogP contribution in [0.15, 0.2) is 48.7 Å². The van der Waals surface area contributed by atoms with E-state index in [-0.39, 0.29) is 0 Å². The highest BCUT2D eigenvalue weighted by Crippen LogP contribution is 2.14. The fraction of sp³-hybridized carbons (Fsp3) is 0.188. The van der Waals surface area contributed by atoms with E-state index in [0.29, 0.717) is 11.1 Å². The second kappa shape index (κ2) is 6.71. The summed E-state index contributed by atoms with van der Waals surface area (Å²) in [5, 5.41) is 2.63. The Hall–Kier alpha value is -2.89. The minimum Gasteiger partial charge on any atom is -0.368 e. The summed E-state index contributed by atoms with van der Waals surface area (Å²) in [4.78, 5) is 29.8. The minimum absolute atomic E-state index is 0.368. The molecule has 3 N–H and O–H groups in total. The van der Waals surface area contributed by atoms with E-state index >= 15 is 0 Å². The van der Waals surface area contributed by atoms with Gasteiger partial charge in [0.2, 0.25) is 5.91 Å². The Bertz CT molecular complexity index is 654. The lowest BCUT2D eigenvalue weighted by atomic mass is 10.1. The molecule has 1 atom stereocenters. The minimum atomic E-state index is -0.873. The second-order valence-electron chi connectivity index (χ2n) is 5.02. The Morgan fingerprint density at radius 1 is 1.14 bits per heavy atom. The van der Waals surface area contributed by atoms with Crippen LogP contribution in [-0.4, -0.2) is 30.9 Å². The molecular formula is C16H18N4O2. The number of hydrogen-bond donors (Lipinski definition) is 2. The van der Waals surface area contributed by atoms with E-state index in [9.17, 15) is 9.59 Å². The van der Waals surface area contributed by atoms with E-state index in [1.807, 2.05) is 25.1 Å². The standard InChI is InChI=1S/C16H18N4O2/c1-20(2)13-9-8-12(10-18-13)16(22)19-14(15(17)21)11-6-4-3-5-7-11/h3-10,14H,1-2H3,(H2,17,21)(H,19,22)/t14-/m0/s1. The summed E-state index contributed by atoms with van der Waals surface area (Å²) >= 11 is 0. The van der Waals surface area contributed by atoms with Crippen molar-refractivity contribution in [2.24, 2.45) is 5.73 Å². The van der Waals surface area contributed by atoms with Gasteiger partial charge in [-0.3, -0.25) is 9.59 Å². The maximum atomic E-state index is 12.2. The number of hydrogen-bond acceptors (Lipinski definition) is 4. The molecule has 0 fully saturated rings. The maximum Gasteiger partial charge on any atom is 0.253 e. The fourth-order valence-corrected chi connectivity index (χ4v) is 1.96. The topological polar surface area (TPSA) is 88.3 Å². The zero-order valence-corrected chi connectivity index (χ0v) is 12.5. The molecule has 1 heterocycles. The molecule has 0 aliphatic heterocycles. The van der Waals surface area contributed by atoms with Gasteiger partial charge >= 0.3 is 0 Å². The highest BCUT2D eigenvalue weighted by molar-refractivity contribution is 5.97. The van der Waals surface area contributed by atoms with E-state index in [1.165, 1.54) is 6.20 Å². The Morgan fingerprint density at radius 3 is 2.32 bits per heavy atom. The number of aromatic nitrogens is 1. The predicted molar refractivity (Wildman–Crippen MR) is 84.4 cm³/mol. The van der Waals surface area contributed by atoms with Gasteiger partial charge in [0.25, 0.3) is 5.91 Å². The van der Waals surface area contributed by atoms with Crippen molar-refractivity contribution in [1.82, 2.24) is 10.3 Å². The fourth-order valence-electron chi connectivity index (χ4n) is 1.96. The molecule has 6 nitrogen and oxygen atoms in total. The molecule has 2 rings (SSSR count). The number of anilines is 1. The lowest BCUT2D eigenvalue weighted by Gasteiger charge is -2.16. The summed E-state index contributed by atoms with van der Waals surface area (Å²) in [6, 6.07) is 11.4. The molecule has 0 aliphatic rings. The molecule has 2 aromatic rings.